The molecule has 0 spiro atoms. The van der Waals surface area contributed by atoms with Crippen molar-refractivity contribution in [1.29, 1.82) is 0 Å². The summed E-state index contributed by atoms with van der Waals surface area (Å²) in [4.78, 5) is 27.7. The molecule has 1 atom stereocenters. The number of nitrogens with zero attached hydrogens (tertiary/aromatic N) is 1. The first kappa shape index (κ1) is 25.7. The highest BCUT2D eigenvalue weighted by atomic mass is 35.5. The molecule has 2 aromatic carbocycles. The number of amides is 1. The molecule has 9 heteroatoms. The fourth-order valence-corrected chi connectivity index (χ4v) is 4.72. The fourth-order valence-electron chi connectivity index (χ4n) is 4.03. The summed E-state index contributed by atoms with van der Waals surface area (Å²) in [5.74, 6) is -1.25. The van der Waals surface area contributed by atoms with E-state index in [0.717, 1.165) is 0 Å². The molecular weight excluding hydrogens is 481 g/mol. The molecular formula is C25H27Cl2NO6. The topological polar surface area (TPSA) is 85.3 Å². The van der Waals surface area contributed by atoms with Gasteiger partial charge in [-0.25, -0.2) is 0 Å². The zero-order chi connectivity index (χ0) is 25.2. The zero-order valence-electron chi connectivity index (χ0n) is 19.6. The highest BCUT2D eigenvalue weighted by Gasteiger charge is 2.47. The first-order valence-corrected chi connectivity index (χ1v) is 11.6. The van der Waals surface area contributed by atoms with Crippen LogP contribution in [0.3, 0.4) is 0 Å². The van der Waals surface area contributed by atoms with Crippen molar-refractivity contribution in [1.82, 2.24) is 4.90 Å². The third-order valence-corrected chi connectivity index (χ3v) is 6.00. The number of carbonyl (C=O) groups excluding carboxylic acids is 2. The number of halogens is 2. The van der Waals surface area contributed by atoms with Crippen molar-refractivity contribution in [2.24, 2.45) is 0 Å². The van der Waals surface area contributed by atoms with E-state index >= 15 is 0 Å². The van der Waals surface area contributed by atoms with Crippen molar-refractivity contribution >= 4 is 40.7 Å². The van der Waals surface area contributed by atoms with Crippen LogP contribution in [0.1, 0.15) is 44.4 Å². The summed E-state index contributed by atoms with van der Waals surface area (Å²) in [6.07, 6.45) is 0.467. The van der Waals surface area contributed by atoms with Gasteiger partial charge in [-0.05, 0) is 32.4 Å². The SMILES string of the molecule is CCCN1C(=O)C(=O)/C(=C(/O)c2cc(Cl)c(OC)c(Cl)c2OC)C1c1ccccc1OC(C)C. The molecule has 1 N–H and O–H groups in total. The lowest BCUT2D eigenvalue weighted by Gasteiger charge is -2.27. The van der Waals surface area contributed by atoms with Crippen molar-refractivity contribution in [3.05, 3.63) is 57.1 Å². The Labute approximate surface area is 208 Å². The summed E-state index contributed by atoms with van der Waals surface area (Å²) in [7, 11) is 2.76. The molecule has 1 heterocycles. The molecule has 3 rings (SSSR count). The number of likely N-dealkylation sites (tertiary alicyclic amines) is 1. The smallest absolute Gasteiger partial charge is 0.295 e. The predicted octanol–water partition coefficient (Wildman–Crippen LogP) is 5.63. The predicted molar refractivity (Wildman–Crippen MR) is 131 cm³/mol. The number of rotatable bonds is 8. The first-order chi connectivity index (χ1) is 16.2. The minimum atomic E-state index is -0.876. The van der Waals surface area contributed by atoms with Gasteiger partial charge in [0.05, 0.1) is 42.5 Å². The van der Waals surface area contributed by atoms with Crippen molar-refractivity contribution < 1.29 is 28.9 Å². The van der Waals surface area contributed by atoms with E-state index in [1.807, 2.05) is 20.8 Å². The minimum Gasteiger partial charge on any atom is -0.507 e. The van der Waals surface area contributed by atoms with Crippen molar-refractivity contribution in [3.8, 4) is 17.2 Å². The molecule has 0 radical (unpaired) electrons. The Kier molecular flexibility index (Phi) is 8.00. The molecule has 0 bridgehead atoms. The van der Waals surface area contributed by atoms with Gasteiger partial charge >= 0.3 is 0 Å². The number of benzene rings is 2. The molecule has 0 aromatic heterocycles. The summed E-state index contributed by atoms with van der Waals surface area (Å²) >= 11 is 12.7. The van der Waals surface area contributed by atoms with E-state index in [0.29, 0.717) is 24.3 Å². The normalized spacial score (nSPS) is 17.4. The molecule has 182 valence electrons. The number of Topliss-reactive ketones (excluding diaryl/α,β-unsaturated/α-hetero) is 1. The summed E-state index contributed by atoms with van der Waals surface area (Å²) in [5, 5.41) is 11.6. The van der Waals surface area contributed by atoms with Crippen molar-refractivity contribution in [2.75, 3.05) is 20.8 Å². The third kappa shape index (κ3) is 4.55. The molecule has 1 aliphatic heterocycles. The maximum absolute atomic E-state index is 13.2. The van der Waals surface area contributed by atoms with Crippen LogP contribution in [0.4, 0.5) is 0 Å². The quantitative estimate of drug-likeness (QED) is 0.283. The van der Waals surface area contributed by atoms with Gasteiger partial charge in [-0.15, -0.1) is 0 Å². The van der Waals surface area contributed by atoms with Gasteiger partial charge in [0.2, 0.25) is 0 Å². The van der Waals surface area contributed by atoms with Crippen LogP contribution in [0.25, 0.3) is 5.76 Å². The second-order valence-corrected chi connectivity index (χ2v) is 8.77. The Morgan fingerprint density at radius 1 is 1.12 bits per heavy atom. The molecule has 1 amide bonds. The first-order valence-electron chi connectivity index (χ1n) is 10.8. The number of ether oxygens (including phenoxy) is 3. The number of hydrogen-bond donors (Lipinski definition) is 1. The summed E-state index contributed by atoms with van der Waals surface area (Å²) in [6, 6.07) is 7.65. The average molecular weight is 508 g/mol. The van der Waals surface area contributed by atoms with E-state index in [4.69, 9.17) is 37.4 Å². The van der Waals surface area contributed by atoms with E-state index in [-0.39, 0.29) is 38.8 Å². The van der Waals surface area contributed by atoms with Crippen LogP contribution in [0, 0.1) is 0 Å². The van der Waals surface area contributed by atoms with Gasteiger partial charge in [0.25, 0.3) is 11.7 Å². The number of methoxy groups -OCH3 is 2. The lowest BCUT2D eigenvalue weighted by molar-refractivity contribution is -0.139. The summed E-state index contributed by atoms with van der Waals surface area (Å²) < 4.78 is 16.6. The van der Waals surface area contributed by atoms with E-state index in [9.17, 15) is 14.7 Å². The lowest BCUT2D eigenvalue weighted by Crippen LogP contribution is -2.30. The van der Waals surface area contributed by atoms with Gasteiger partial charge in [-0.3, -0.25) is 9.59 Å². The van der Waals surface area contributed by atoms with Crippen LogP contribution in [0.2, 0.25) is 10.0 Å². The molecule has 0 saturated carbocycles. The number of ketones is 1. The Morgan fingerprint density at radius 2 is 1.76 bits per heavy atom. The standard InChI is InChI=1S/C25H27Cl2NO6/c1-6-11-28-20(14-9-7-8-10-17(14)34-13(2)3)18(22(30)25(28)31)21(29)15-12-16(26)24(33-5)19(27)23(15)32-4/h7-10,12-13,20,29H,6,11H2,1-5H3/b21-18+. The van der Waals surface area contributed by atoms with Gasteiger partial charge in [0.15, 0.2) is 11.5 Å². The number of para-hydroxylation sites is 1. The van der Waals surface area contributed by atoms with E-state index in [1.165, 1.54) is 25.2 Å². The van der Waals surface area contributed by atoms with E-state index < -0.39 is 23.5 Å². The third-order valence-electron chi connectivity index (χ3n) is 5.38. The van der Waals surface area contributed by atoms with Gasteiger partial charge in [-0.1, -0.05) is 48.3 Å². The van der Waals surface area contributed by atoms with Crippen LogP contribution < -0.4 is 14.2 Å². The maximum atomic E-state index is 13.2. The number of aliphatic hydroxyl groups excluding tert-OH is 1. The maximum Gasteiger partial charge on any atom is 0.295 e. The highest BCUT2D eigenvalue weighted by molar-refractivity contribution is 6.47. The van der Waals surface area contributed by atoms with Crippen LogP contribution in [0.5, 0.6) is 17.2 Å². The molecule has 2 aromatic rings. The van der Waals surface area contributed by atoms with Crippen molar-refractivity contribution in [2.45, 2.75) is 39.3 Å². The lowest BCUT2D eigenvalue weighted by atomic mass is 9.94. The van der Waals surface area contributed by atoms with Gasteiger partial charge in [0, 0.05) is 12.1 Å². The summed E-state index contributed by atoms with van der Waals surface area (Å²) in [5.41, 5.74) is 0.545. The van der Waals surface area contributed by atoms with Crippen LogP contribution in [0.15, 0.2) is 35.9 Å². The van der Waals surface area contributed by atoms with Crippen LogP contribution in [-0.4, -0.2) is 48.6 Å². The minimum absolute atomic E-state index is 0.0296. The van der Waals surface area contributed by atoms with Gasteiger partial charge in [-0.2, -0.15) is 0 Å². The Morgan fingerprint density at radius 3 is 2.35 bits per heavy atom. The number of aliphatic hydroxyl groups is 1. The fraction of sp³-hybridized carbons (Fsp3) is 0.360. The highest BCUT2D eigenvalue weighted by Crippen LogP contribution is 2.48. The monoisotopic (exact) mass is 507 g/mol. The molecule has 34 heavy (non-hydrogen) atoms. The molecule has 1 aliphatic rings. The largest absolute Gasteiger partial charge is 0.507 e. The van der Waals surface area contributed by atoms with Gasteiger partial charge in [0.1, 0.15) is 16.5 Å². The molecule has 1 fully saturated rings. The second-order valence-electron chi connectivity index (χ2n) is 7.98. The Bertz CT molecular complexity index is 1140. The molecule has 1 unspecified atom stereocenters. The van der Waals surface area contributed by atoms with Crippen LogP contribution >= 0.6 is 23.2 Å². The number of carbonyl (C=O) groups is 2. The number of hydrogen-bond acceptors (Lipinski definition) is 6. The average Bonchev–Trinajstić information content (AvgIpc) is 3.03. The Balaban J connectivity index is 2.33. The zero-order valence-corrected chi connectivity index (χ0v) is 21.2. The van der Waals surface area contributed by atoms with E-state index in [1.54, 1.807) is 24.3 Å². The molecule has 1 saturated heterocycles. The molecule has 7 nitrogen and oxygen atoms in total. The second kappa shape index (κ2) is 10.6. The van der Waals surface area contributed by atoms with Crippen molar-refractivity contribution in [3.63, 3.8) is 0 Å². The van der Waals surface area contributed by atoms with E-state index in [2.05, 4.69) is 0 Å². The Hall–Kier alpha value is -2.90. The summed E-state index contributed by atoms with van der Waals surface area (Å²) in [6.45, 7) is 5.97. The van der Waals surface area contributed by atoms with Crippen LogP contribution in [-0.2, 0) is 9.59 Å². The van der Waals surface area contributed by atoms with Gasteiger partial charge < -0.3 is 24.2 Å². The molecule has 0 aliphatic carbocycles.